The first-order valence-electron chi connectivity index (χ1n) is 9.46. The maximum absolute atomic E-state index is 13.1. The lowest BCUT2D eigenvalue weighted by Gasteiger charge is -2.19. The van der Waals surface area contributed by atoms with Gasteiger partial charge >= 0.3 is 0 Å². The fourth-order valence-electron chi connectivity index (χ4n) is 3.56. The minimum absolute atomic E-state index is 0.186. The van der Waals surface area contributed by atoms with Crippen LogP contribution < -0.4 is 15.0 Å². The number of anilines is 2. The molecule has 1 amide bonds. The van der Waals surface area contributed by atoms with Crippen LogP contribution in [0.4, 0.5) is 11.5 Å². The van der Waals surface area contributed by atoms with E-state index in [1.54, 1.807) is 20.4 Å². The zero-order valence-electron chi connectivity index (χ0n) is 16.7. The highest BCUT2D eigenvalue weighted by atomic mass is 32.1. The van der Waals surface area contributed by atoms with Crippen molar-refractivity contribution in [2.45, 2.75) is 26.4 Å². The Labute approximate surface area is 172 Å². The number of rotatable bonds is 6. The van der Waals surface area contributed by atoms with Crippen molar-refractivity contribution in [3.05, 3.63) is 34.6 Å². The van der Waals surface area contributed by atoms with Gasteiger partial charge in [0.15, 0.2) is 11.6 Å². The lowest BCUT2D eigenvalue weighted by atomic mass is 10.2. The number of aromatic nitrogens is 3. The Morgan fingerprint density at radius 1 is 1.28 bits per heavy atom. The van der Waals surface area contributed by atoms with E-state index in [1.165, 1.54) is 11.3 Å². The second-order valence-corrected chi connectivity index (χ2v) is 7.84. The number of fused-ring (bicyclic) bond motifs is 1. The molecule has 0 radical (unpaired) electrons. The topological polar surface area (TPSA) is 89.5 Å². The Morgan fingerprint density at radius 3 is 2.79 bits per heavy atom. The molecular formula is C20H23N5O3S. The van der Waals surface area contributed by atoms with Crippen LogP contribution in [0.15, 0.2) is 18.3 Å². The molecule has 1 N–H and O–H groups in total. The molecule has 3 aromatic rings. The number of pyridine rings is 1. The Morgan fingerprint density at radius 2 is 2.07 bits per heavy atom. The van der Waals surface area contributed by atoms with Gasteiger partial charge in [-0.25, -0.2) is 9.97 Å². The van der Waals surface area contributed by atoms with Crippen molar-refractivity contribution in [3.63, 3.8) is 0 Å². The number of carbonyl (C=O) groups is 1. The van der Waals surface area contributed by atoms with E-state index < -0.39 is 0 Å². The number of nitrogens with one attached hydrogen (secondary N) is 1. The minimum Gasteiger partial charge on any atom is -0.480 e. The summed E-state index contributed by atoms with van der Waals surface area (Å²) in [6.07, 6.45) is 4.04. The van der Waals surface area contributed by atoms with Gasteiger partial charge in [0, 0.05) is 26.4 Å². The van der Waals surface area contributed by atoms with Crippen molar-refractivity contribution in [1.29, 1.82) is 0 Å². The van der Waals surface area contributed by atoms with Crippen LogP contribution in [-0.2, 0) is 11.3 Å². The van der Waals surface area contributed by atoms with Gasteiger partial charge in [-0.2, -0.15) is 4.98 Å². The maximum atomic E-state index is 13.1. The molecule has 0 unspecified atom stereocenters. The average Bonchev–Trinajstić information content (AvgIpc) is 3.36. The van der Waals surface area contributed by atoms with Gasteiger partial charge in [0.2, 0.25) is 5.88 Å². The van der Waals surface area contributed by atoms with Gasteiger partial charge in [0.05, 0.1) is 23.1 Å². The molecule has 0 aromatic carbocycles. The Balaban J connectivity index is 1.68. The normalized spacial score (nSPS) is 13.8. The molecule has 1 aliphatic rings. The number of aryl methyl sites for hydroxylation is 1. The number of ether oxygens (including phenoxy) is 2. The van der Waals surface area contributed by atoms with Crippen molar-refractivity contribution in [3.8, 4) is 5.88 Å². The zero-order chi connectivity index (χ0) is 20.4. The molecule has 152 valence electrons. The second-order valence-electron chi connectivity index (χ2n) is 6.84. The van der Waals surface area contributed by atoms with Crippen molar-refractivity contribution < 1.29 is 14.3 Å². The van der Waals surface area contributed by atoms with Crippen LogP contribution in [0.2, 0.25) is 0 Å². The third kappa shape index (κ3) is 3.75. The summed E-state index contributed by atoms with van der Waals surface area (Å²) in [6.45, 7) is 4.08. The molecule has 0 aliphatic carbocycles. The third-order valence-electron chi connectivity index (χ3n) is 4.92. The van der Waals surface area contributed by atoms with Crippen LogP contribution in [0.3, 0.4) is 0 Å². The van der Waals surface area contributed by atoms with Crippen molar-refractivity contribution >= 4 is 39.0 Å². The van der Waals surface area contributed by atoms with Crippen LogP contribution in [0.1, 0.15) is 33.9 Å². The number of nitrogens with zero attached hydrogens (tertiary/aromatic N) is 4. The molecule has 8 nitrogen and oxygen atoms in total. The van der Waals surface area contributed by atoms with E-state index in [0.29, 0.717) is 21.4 Å². The number of hydrogen-bond donors (Lipinski definition) is 1. The molecule has 0 atom stereocenters. The van der Waals surface area contributed by atoms with Crippen LogP contribution in [0, 0.1) is 6.92 Å². The summed E-state index contributed by atoms with van der Waals surface area (Å²) >= 11 is 1.33. The van der Waals surface area contributed by atoms with Gasteiger partial charge in [-0.1, -0.05) is 0 Å². The van der Waals surface area contributed by atoms with Gasteiger partial charge in [-0.05, 0) is 37.5 Å². The molecule has 9 heteroatoms. The lowest BCUT2D eigenvalue weighted by Crippen LogP contribution is -2.22. The minimum atomic E-state index is -0.186. The Kier molecular flexibility index (Phi) is 5.59. The van der Waals surface area contributed by atoms with E-state index in [2.05, 4.69) is 25.2 Å². The summed E-state index contributed by atoms with van der Waals surface area (Å²) in [5, 5.41) is 3.79. The first kappa shape index (κ1) is 19.5. The van der Waals surface area contributed by atoms with Gasteiger partial charge in [-0.3, -0.25) is 4.79 Å². The molecule has 0 spiro atoms. The molecule has 1 aliphatic heterocycles. The average molecular weight is 414 g/mol. The molecule has 4 rings (SSSR count). The van der Waals surface area contributed by atoms with E-state index >= 15 is 0 Å². The molecule has 1 saturated heterocycles. The predicted octanol–water partition coefficient (Wildman–Crippen LogP) is 3.40. The third-order valence-corrected chi connectivity index (χ3v) is 6.10. The van der Waals surface area contributed by atoms with E-state index in [1.807, 2.05) is 19.1 Å². The predicted molar refractivity (Wildman–Crippen MR) is 113 cm³/mol. The summed E-state index contributed by atoms with van der Waals surface area (Å²) in [7, 11) is 3.15. The first-order chi connectivity index (χ1) is 14.1. The number of methoxy groups -OCH3 is 2. The highest BCUT2D eigenvalue weighted by Crippen LogP contribution is 2.36. The maximum Gasteiger partial charge on any atom is 0.266 e. The van der Waals surface area contributed by atoms with Gasteiger partial charge in [-0.15, -0.1) is 11.3 Å². The highest BCUT2D eigenvalue weighted by molar-refractivity contribution is 7.20. The summed E-state index contributed by atoms with van der Waals surface area (Å²) in [5.41, 5.74) is 1.52. The molecule has 29 heavy (non-hydrogen) atoms. The van der Waals surface area contributed by atoms with E-state index in [-0.39, 0.29) is 12.5 Å². The van der Waals surface area contributed by atoms with Gasteiger partial charge in [0.25, 0.3) is 5.91 Å². The summed E-state index contributed by atoms with van der Waals surface area (Å²) in [5.74, 6) is 1.61. The molecule has 3 aromatic heterocycles. The quantitative estimate of drug-likeness (QED) is 0.662. The Bertz CT molecular complexity index is 1050. The second kappa shape index (κ2) is 8.30. The number of carbonyl (C=O) groups excluding carboxylic acids is 1. The number of thiophene rings is 1. The smallest absolute Gasteiger partial charge is 0.266 e. The fraction of sp³-hybridized carbons (Fsp3) is 0.400. The summed E-state index contributed by atoms with van der Waals surface area (Å²) in [4.78, 5) is 30.0. The standard InChI is InChI=1S/C20H23N5O3S/c1-12-15-19(28-3)23-14(11-27-2)24-20(15)29-16(12)18(26)22-13-7-6-8-21-17(13)25-9-4-5-10-25/h6-8H,4-5,9-11H2,1-3H3,(H,22,26). The van der Waals surface area contributed by atoms with Gasteiger partial charge in [0.1, 0.15) is 11.4 Å². The molecule has 4 heterocycles. The lowest BCUT2D eigenvalue weighted by molar-refractivity contribution is 0.103. The van der Waals surface area contributed by atoms with E-state index in [4.69, 9.17) is 9.47 Å². The van der Waals surface area contributed by atoms with E-state index in [0.717, 1.165) is 48.4 Å². The zero-order valence-corrected chi connectivity index (χ0v) is 17.5. The monoisotopic (exact) mass is 413 g/mol. The van der Waals surface area contributed by atoms with E-state index in [9.17, 15) is 4.79 Å². The molecule has 0 saturated carbocycles. The van der Waals surface area contributed by atoms with Crippen molar-refractivity contribution in [1.82, 2.24) is 15.0 Å². The fourth-order valence-corrected chi connectivity index (χ4v) is 4.64. The van der Waals surface area contributed by atoms with Crippen LogP contribution in [-0.4, -0.2) is 48.2 Å². The molecule has 1 fully saturated rings. The Hall–Kier alpha value is -2.78. The van der Waals surface area contributed by atoms with Crippen molar-refractivity contribution in [2.75, 3.05) is 37.5 Å². The van der Waals surface area contributed by atoms with Crippen molar-refractivity contribution in [2.24, 2.45) is 0 Å². The first-order valence-corrected chi connectivity index (χ1v) is 10.3. The SMILES string of the molecule is COCc1nc(OC)c2c(C)c(C(=O)Nc3cccnc3N3CCCC3)sc2n1. The number of amides is 1. The highest BCUT2D eigenvalue weighted by Gasteiger charge is 2.23. The summed E-state index contributed by atoms with van der Waals surface area (Å²) in [6, 6.07) is 3.72. The largest absolute Gasteiger partial charge is 0.480 e. The van der Waals surface area contributed by atoms with Gasteiger partial charge < -0.3 is 19.7 Å². The number of hydrogen-bond acceptors (Lipinski definition) is 8. The molecular weight excluding hydrogens is 390 g/mol. The molecule has 0 bridgehead atoms. The van der Waals surface area contributed by atoms with Crippen LogP contribution in [0.25, 0.3) is 10.2 Å². The van der Waals surface area contributed by atoms with Crippen LogP contribution >= 0.6 is 11.3 Å². The summed E-state index contributed by atoms with van der Waals surface area (Å²) < 4.78 is 10.6. The van der Waals surface area contributed by atoms with Crippen LogP contribution in [0.5, 0.6) is 5.88 Å².